The van der Waals surface area contributed by atoms with Crippen molar-refractivity contribution in [3.8, 4) is 0 Å². The van der Waals surface area contributed by atoms with Crippen molar-refractivity contribution in [3.63, 3.8) is 0 Å². The van der Waals surface area contributed by atoms with Gasteiger partial charge in [-0.3, -0.25) is 9.69 Å². The lowest BCUT2D eigenvalue weighted by Crippen LogP contribution is -2.35. The first-order valence-electron chi connectivity index (χ1n) is 8.46. The van der Waals surface area contributed by atoms with Crippen LogP contribution in [-0.4, -0.2) is 37.1 Å². The van der Waals surface area contributed by atoms with Crippen LogP contribution < -0.4 is 0 Å². The Balaban J connectivity index is 2.00. The zero-order chi connectivity index (χ0) is 14.8. The largest absolute Gasteiger partial charge is 0.465 e. The maximum Gasteiger partial charge on any atom is 0.320 e. The van der Waals surface area contributed by atoms with Gasteiger partial charge in [0.1, 0.15) is 0 Å². The van der Waals surface area contributed by atoms with E-state index in [0.29, 0.717) is 19.1 Å². The summed E-state index contributed by atoms with van der Waals surface area (Å²) in [6.07, 6.45) is 8.60. The van der Waals surface area contributed by atoms with E-state index in [9.17, 15) is 4.79 Å². The standard InChI is InChI=1S/C17H33NO2/c1-15(2)8-7-9-16(3)10-13-20-17(19)14-18-11-5-4-6-12-18/h15-16H,4-14H2,1-3H3. The molecule has 1 aliphatic heterocycles. The molecule has 0 radical (unpaired) electrons. The highest BCUT2D eigenvalue weighted by Gasteiger charge is 2.14. The van der Waals surface area contributed by atoms with Crippen molar-refractivity contribution in [1.29, 1.82) is 0 Å². The molecule has 1 rings (SSSR count). The van der Waals surface area contributed by atoms with E-state index in [4.69, 9.17) is 4.74 Å². The van der Waals surface area contributed by atoms with E-state index in [1.54, 1.807) is 0 Å². The normalized spacial score (nSPS) is 18.2. The predicted molar refractivity (Wildman–Crippen MR) is 83.7 cm³/mol. The Bertz CT molecular complexity index is 260. The van der Waals surface area contributed by atoms with E-state index in [2.05, 4.69) is 25.7 Å². The van der Waals surface area contributed by atoms with Crippen LogP contribution in [0.1, 0.15) is 65.7 Å². The minimum Gasteiger partial charge on any atom is -0.465 e. The van der Waals surface area contributed by atoms with Crippen molar-refractivity contribution in [2.24, 2.45) is 11.8 Å². The highest BCUT2D eigenvalue weighted by Crippen LogP contribution is 2.15. The molecule has 0 aromatic carbocycles. The average Bonchev–Trinajstić information content (AvgIpc) is 2.39. The molecule has 1 fully saturated rings. The van der Waals surface area contributed by atoms with Crippen LogP contribution in [0.25, 0.3) is 0 Å². The molecule has 1 unspecified atom stereocenters. The molecule has 0 N–H and O–H groups in total. The minimum absolute atomic E-state index is 0.0405. The van der Waals surface area contributed by atoms with Crippen LogP contribution in [0.2, 0.25) is 0 Å². The molecule has 1 aliphatic rings. The summed E-state index contributed by atoms with van der Waals surface area (Å²) >= 11 is 0. The van der Waals surface area contributed by atoms with Crippen molar-refractivity contribution in [2.75, 3.05) is 26.2 Å². The summed E-state index contributed by atoms with van der Waals surface area (Å²) in [5.41, 5.74) is 0. The van der Waals surface area contributed by atoms with Gasteiger partial charge in [-0.15, -0.1) is 0 Å². The molecule has 0 spiro atoms. The molecule has 3 heteroatoms. The number of hydrogen-bond donors (Lipinski definition) is 0. The molecule has 0 amide bonds. The predicted octanol–water partition coefficient (Wildman–Crippen LogP) is 3.87. The fourth-order valence-corrected chi connectivity index (χ4v) is 2.74. The molecule has 0 bridgehead atoms. The third-order valence-corrected chi connectivity index (χ3v) is 4.15. The van der Waals surface area contributed by atoms with E-state index >= 15 is 0 Å². The van der Waals surface area contributed by atoms with Crippen LogP contribution in [0.3, 0.4) is 0 Å². The van der Waals surface area contributed by atoms with Crippen LogP contribution in [0.15, 0.2) is 0 Å². The van der Waals surface area contributed by atoms with Crippen molar-refractivity contribution in [1.82, 2.24) is 4.90 Å². The Morgan fingerprint density at radius 3 is 2.40 bits per heavy atom. The lowest BCUT2D eigenvalue weighted by molar-refractivity contribution is -0.145. The third kappa shape index (κ3) is 8.57. The Morgan fingerprint density at radius 2 is 1.75 bits per heavy atom. The zero-order valence-corrected chi connectivity index (χ0v) is 13.7. The number of ether oxygens (including phenoxy) is 1. The fourth-order valence-electron chi connectivity index (χ4n) is 2.74. The van der Waals surface area contributed by atoms with Gasteiger partial charge in [0.05, 0.1) is 13.2 Å². The SMILES string of the molecule is CC(C)CCCC(C)CCOC(=O)CN1CCCCC1. The number of hydrogen-bond acceptors (Lipinski definition) is 3. The smallest absolute Gasteiger partial charge is 0.320 e. The quantitative estimate of drug-likeness (QED) is 0.602. The van der Waals surface area contributed by atoms with Crippen molar-refractivity contribution >= 4 is 5.97 Å². The minimum atomic E-state index is -0.0405. The van der Waals surface area contributed by atoms with Gasteiger partial charge in [-0.05, 0) is 44.2 Å². The number of carbonyl (C=O) groups excluding carboxylic acids is 1. The van der Waals surface area contributed by atoms with Crippen molar-refractivity contribution < 1.29 is 9.53 Å². The number of rotatable bonds is 9. The van der Waals surface area contributed by atoms with Gasteiger partial charge in [0, 0.05) is 0 Å². The van der Waals surface area contributed by atoms with Gasteiger partial charge in [-0.25, -0.2) is 0 Å². The second-order valence-electron chi connectivity index (χ2n) is 6.78. The van der Waals surface area contributed by atoms with Gasteiger partial charge < -0.3 is 4.74 Å². The molecule has 118 valence electrons. The van der Waals surface area contributed by atoms with Crippen molar-refractivity contribution in [3.05, 3.63) is 0 Å². The Kier molecular flexibility index (Phi) is 8.92. The monoisotopic (exact) mass is 283 g/mol. The molecule has 0 aromatic rings. The van der Waals surface area contributed by atoms with E-state index in [-0.39, 0.29) is 5.97 Å². The van der Waals surface area contributed by atoms with E-state index < -0.39 is 0 Å². The topological polar surface area (TPSA) is 29.5 Å². The van der Waals surface area contributed by atoms with Gasteiger partial charge in [0.25, 0.3) is 0 Å². The number of esters is 1. The van der Waals surface area contributed by atoms with Gasteiger partial charge in [-0.2, -0.15) is 0 Å². The lowest BCUT2D eigenvalue weighted by Gasteiger charge is -2.25. The summed E-state index contributed by atoms with van der Waals surface area (Å²) in [4.78, 5) is 14.0. The second-order valence-corrected chi connectivity index (χ2v) is 6.78. The van der Waals surface area contributed by atoms with Crippen LogP contribution >= 0.6 is 0 Å². The van der Waals surface area contributed by atoms with E-state index in [1.807, 2.05) is 0 Å². The summed E-state index contributed by atoms with van der Waals surface area (Å²) in [5, 5.41) is 0. The maximum absolute atomic E-state index is 11.7. The fraction of sp³-hybridized carbons (Fsp3) is 0.941. The molecular formula is C17H33NO2. The highest BCUT2D eigenvalue weighted by molar-refractivity contribution is 5.71. The van der Waals surface area contributed by atoms with E-state index in [0.717, 1.165) is 25.4 Å². The lowest BCUT2D eigenvalue weighted by atomic mass is 9.98. The Morgan fingerprint density at radius 1 is 1.05 bits per heavy atom. The molecule has 0 aliphatic carbocycles. The zero-order valence-electron chi connectivity index (χ0n) is 13.7. The maximum atomic E-state index is 11.7. The Hall–Kier alpha value is -0.570. The molecule has 0 saturated carbocycles. The van der Waals surface area contributed by atoms with Crippen LogP contribution in [0.4, 0.5) is 0 Å². The van der Waals surface area contributed by atoms with Crippen LogP contribution in [0.5, 0.6) is 0 Å². The molecule has 1 atom stereocenters. The molecule has 20 heavy (non-hydrogen) atoms. The number of nitrogens with zero attached hydrogens (tertiary/aromatic N) is 1. The summed E-state index contributed by atoms with van der Waals surface area (Å²) < 4.78 is 5.36. The summed E-state index contributed by atoms with van der Waals surface area (Å²) in [6.45, 7) is 10.00. The van der Waals surface area contributed by atoms with Crippen LogP contribution in [-0.2, 0) is 9.53 Å². The summed E-state index contributed by atoms with van der Waals surface area (Å²) in [6, 6.07) is 0. The summed E-state index contributed by atoms with van der Waals surface area (Å²) in [5.74, 6) is 1.42. The second kappa shape index (κ2) is 10.2. The van der Waals surface area contributed by atoms with Gasteiger partial charge in [0.2, 0.25) is 0 Å². The van der Waals surface area contributed by atoms with Gasteiger partial charge >= 0.3 is 5.97 Å². The van der Waals surface area contributed by atoms with Gasteiger partial charge in [-0.1, -0.05) is 46.5 Å². The number of carbonyl (C=O) groups is 1. The molecule has 3 nitrogen and oxygen atoms in total. The molecule has 0 aromatic heterocycles. The van der Waals surface area contributed by atoms with Crippen molar-refractivity contribution in [2.45, 2.75) is 65.7 Å². The number of likely N-dealkylation sites (tertiary alicyclic amines) is 1. The Labute approximate surface area is 125 Å². The molecular weight excluding hydrogens is 250 g/mol. The first kappa shape index (κ1) is 17.5. The van der Waals surface area contributed by atoms with Gasteiger partial charge in [0.15, 0.2) is 0 Å². The highest BCUT2D eigenvalue weighted by atomic mass is 16.5. The molecule has 1 heterocycles. The average molecular weight is 283 g/mol. The third-order valence-electron chi connectivity index (χ3n) is 4.15. The van der Waals surface area contributed by atoms with Crippen LogP contribution in [0, 0.1) is 11.8 Å². The number of piperidine rings is 1. The summed E-state index contributed by atoms with van der Waals surface area (Å²) in [7, 11) is 0. The van der Waals surface area contributed by atoms with E-state index in [1.165, 1.54) is 38.5 Å². The molecule has 1 saturated heterocycles. The first-order chi connectivity index (χ1) is 9.58. The first-order valence-corrected chi connectivity index (χ1v) is 8.46.